The summed E-state index contributed by atoms with van der Waals surface area (Å²) in [7, 11) is 7.75. The van der Waals surface area contributed by atoms with E-state index in [0.717, 1.165) is 55.6 Å². The number of aromatic nitrogens is 6. The van der Waals surface area contributed by atoms with E-state index in [-0.39, 0.29) is 69.4 Å². The Morgan fingerprint density at radius 1 is 0.788 bits per heavy atom. The molecule has 3 amide bonds. The maximum atomic E-state index is 13.8. The van der Waals surface area contributed by atoms with Gasteiger partial charge >= 0.3 is 18.5 Å². The molecule has 3 aliphatic rings. The molecular formula is C60H64F3N11O11. The molecule has 4 heterocycles. The zero-order valence-corrected chi connectivity index (χ0v) is 47.3. The lowest BCUT2D eigenvalue weighted by atomic mass is 9.91. The van der Waals surface area contributed by atoms with Crippen molar-refractivity contribution in [2.75, 3.05) is 106 Å². The van der Waals surface area contributed by atoms with Crippen LogP contribution in [-0.4, -0.2) is 177 Å². The highest BCUT2D eigenvalue weighted by atomic mass is 19.4. The number of halogens is 3. The number of nitrogens with zero attached hydrogens (tertiary/aromatic N) is 10. The summed E-state index contributed by atoms with van der Waals surface area (Å²) in [5.74, 6) is -1.83. The lowest BCUT2D eigenvalue weighted by Gasteiger charge is -2.40. The van der Waals surface area contributed by atoms with Gasteiger partial charge in [-0.3, -0.25) is 4.79 Å². The maximum Gasteiger partial charge on any atom is 0.573 e. The number of carbonyl (C=O) groups excluding carboxylic acids is 4. The predicted molar refractivity (Wildman–Crippen MR) is 304 cm³/mol. The van der Waals surface area contributed by atoms with Crippen LogP contribution in [0, 0.1) is 0 Å². The topological polar surface area (TPSA) is 237 Å². The van der Waals surface area contributed by atoms with Crippen LogP contribution in [0.2, 0.25) is 0 Å². The number of nitrogens with one attached hydrogen (secondary N) is 1. The normalized spacial score (nSPS) is 13.5. The second-order valence-electron chi connectivity index (χ2n) is 20.3. The van der Waals surface area contributed by atoms with Gasteiger partial charge in [-0.25, -0.2) is 18.8 Å². The smallest absolute Gasteiger partial charge is 0.545 e. The van der Waals surface area contributed by atoms with Crippen molar-refractivity contribution in [3.8, 4) is 39.5 Å². The third-order valence-electron chi connectivity index (χ3n) is 14.0. The number of aromatic carboxylic acids is 1. The second-order valence-corrected chi connectivity index (χ2v) is 20.3. The van der Waals surface area contributed by atoms with Crippen LogP contribution in [0.25, 0.3) is 44.7 Å². The van der Waals surface area contributed by atoms with Crippen LogP contribution in [0.3, 0.4) is 0 Å². The number of carboxylic acid groups (broad SMARTS) is 1. The number of carbonyl (C=O) groups is 4. The Morgan fingerprint density at radius 2 is 1.53 bits per heavy atom. The van der Waals surface area contributed by atoms with Crippen LogP contribution >= 0.6 is 0 Å². The summed E-state index contributed by atoms with van der Waals surface area (Å²) in [5, 5.41) is 33.4. The molecule has 0 radical (unpaired) electrons. The molecule has 1 atom stereocenters. The number of amides is 3. The van der Waals surface area contributed by atoms with Gasteiger partial charge in [-0.05, 0) is 85.0 Å². The molecule has 1 N–H and O–H groups in total. The van der Waals surface area contributed by atoms with Gasteiger partial charge < -0.3 is 58.0 Å². The molecule has 0 bridgehead atoms. The highest BCUT2D eigenvalue weighted by molar-refractivity contribution is 6.08. The number of benzene rings is 5. The Kier molecular flexibility index (Phi) is 19.8. The van der Waals surface area contributed by atoms with Crippen molar-refractivity contribution in [1.82, 2.24) is 49.7 Å². The van der Waals surface area contributed by atoms with E-state index in [2.05, 4.69) is 30.7 Å². The van der Waals surface area contributed by atoms with Crippen LogP contribution < -0.4 is 30.0 Å². The molecule has 6 aromatic rings. The van der Waals surface area contributed by atoms with E-state index in [9.17, 15) is 37.5 Å². The zero-order valence-electron chi connectivity index (χ0n) is 47.3. The van der Waals surface area contributed by atoms with Crippen LogP contribution in [-0.2, 0) is 38.3 Å². The standard InChI is InChI=1S/C60H64F3N11O11/c1-69(2)44-15-20-49-53(35-44)84-54-36-45(70(3)4)16-21-50(54)55(49)42-14-19-48(51(34-42)57(76)77)56(75)64-22-27-80-29-31-82-32-30-81-28-25-72-37-43(65-67-72)11-8-26-83-59(79)71-23-24-73(46(38-71)33-40-9-6-5-7-10-40)58(78)74-39-52(66-68-74)41-12-17-47(18-13-41)85-60(61,62)63/h5-7,9-10,12-21,34-37,39,46H,8,11,22-33,38H2,1-4H3,(H-,64,75,76,77). The third-order valence-corrected chi connectivity index (χ3v) is 14.0. The Labute approximate surface area is 486 Å². The first-order chi connectivity index (χ1) is 41.0. The van der Waals surface area contributed by atoms with Gasteiger partial charge in [0.1, 0.15) is 36.9 Å². The number of ether oxygens (including phenoxy) is 5. The number of fused-ring (bicyclic) bond motifs is 2. The fourth-order valence-electron chi connectivity index (χ4n) is 9.68. The summed E-state index contributed by atoms with van der Waals surface area (Å²) in [4.78, 5) is 58.1. The van der Waals surface area contributed by atoms with Crippen LogP contribution in [0.1, 0.15) is 38.4 Å². The number of anilines is 1. The SMILES string of the molecule is CN(C)c1ccc2c(-c3ccc(C(=O)NCCOCCOCCOCCn4cc(CCCOC(=O)N5CCN(C(=O)n6cc(-c7ccc(OC(F)(F)F)cc7)nn6)C(Cc6ccccc6)C5)nn4)c(C(=O)[O-])c3)c3ccc(=[N+](C)C)cc-3oc2c1. The molecule has 85 heavy (non-hydrogen) atoms. The van der Waals surface area contributed by atoms with Crippen molar-refractivity contribution < 1.29 is 65.6 Å². The minimum atomic E-state index is -4.83. The molecule has 0 spiro atoms. The van der Waals surface area contributed by atoms with E-state index in [1.807, 2.05) is 104 Å². The van der Waals surface area contributed by atoms with Crippen LogP contribution in [0.4, 0.5) is 28.4 Å². The van der Waals surface area contributed by atoms with Gasteiger partial charge in [-0.15, -0.1) is 23.4 Å². The Balaban J connectivity index is 0.647. The molecule has 1 aliphatic carbocycles. The van der Waals surface area contributed by atoms with E-state index in [1.165, 1.54) is 30.5 Å². The summed E-state index contributed by atoms with van der Waals surface area (Å²) >= 11 is 0. The van der Waals surface area contributed by atoms with Gasteiger partial charge in [0, 0.05) is 97.5 Å². The van der Waals surface area contributed by atoms with Gasteiger partial charge in [0.2, 0.25) is 5.36 Å². The van der Waals surface area contributed by atoms with Crippen molar-refractivity contribution in [2.45, 2.75) is 38.2 Å². The first-order valence-electron chi connectivity index (χ1n) is 27.5. The lowest BCUT2D eigenvalue weighted by molar-refractivity contribution is -0.274. The number of rotatable bonds is 24. The molecule has 1 fully saturated rings. The van der Waals surface area contributed by atoms with Crippen molar-refractivity contribution in [3.63, 3.8) is 0 Å². The minimum Gasteiger partial charge on any atom is -0.545 e. The molecule has 446 valence electrons. The second kappa shape index (κ2) is 27.9. The predicted octanol–water partition coefficient (Wildman–Crippen LogP) is 5.86. The van der Waals surface area contributed by atoms with Crippen molar-refractivity contribution >= 4 is 40.7 Å². The van der Waals surface area contributed by atoms with Crippen molar-refractivity contribution in [3.05, 3.63) is 149 Å². The number of piperazine rings is 1. The highest BCUT2D eigenvalue weighted by Crippen LogP contribution is 2.41. The monoisotopic (exact) mass is 1170 g/mol. The van der Waals surface area contributed by atoms with Crippen molar-refractivity contribution in [2.24, 2.45) is 0 Å². The van der Waals surface area contributed by atoms with Crippen LogP contribution in [0.5, 0.6) is 5.75 Å². The zero-order chi connectivity index (χ0) is 60.0. The van der Waals surface area contributed by atoms with E-state index in [1.54, 1.807) is 26.7 Å². The van der Waals surface area contributed by atoms with Gasteiger partial charge in [-0.1, -0.05) is 46.8 Å². The largest absolute Gasteiger partial charge is 0.573 e. The number of alkyl halides is 3. The van der Waals surface area contributed by atoms with Crippen LogP contribution in [0.15, 0.2) is 126 Å². The Bertz CT molecular complexity index is 3640. The summed E-state index contributed by atoms with van der Waals surface area (Å²) in [5.41, 5.74) is 5.78. The van der Waals surface area contributed by atoms with E-state index in [0.29, 0.717) is 68.1 Å². The number of aryl methyl sites for hydroxylation is 1. The first kappa shape index (κ1) is 60.4. The molecule has 2 aromatic heterocycles. The molecule has 1 saturated heterocycles. The summed E-state index contributed by atoms with van der Waals surface area (Å²) in [6.07, 6.45) is -0.690. The van der Waals surface area contributed by atoms with E-state index in [4.69, 9.17) is 23.4 Å². The highest BCUT2D eigenvalue weighted by Gasteiger charge is 2.35. The van der Waals surface area contributed by atoms with Gasteiger partial charge in [0.05, 0.1) is 82.8 Å². The molecule has 1 unspecified atom stereocenters. The average Bonchev–Trinajstić information content (AvgIpc) is 1.96. The molecule has 0 saturated carbocycles. The van der Waals surface area contributed by atoms with Crippen molar-refractivity contribution in [1.29, 1.82) is 0 Å². The van der Waals surface area contributed by atoms with Gasteiger partial charge in [0.25, 0.3) is 5.91 Å². The van der Waals surface area contributed by atoms with E-state index >= 15 is 0 Å². The lowest BCUT2D eigenvalue weighted by Crippen LogP contribution is -2.58. The van der Waals surface area contributed by atoms with Gasteiger partial charge in [-0.2, -0.15) is 4.68 Å². The molecular weight excluding hydrogens is 1110 g/mol. The Morgan fingerprint density at radius 3 is 2.26 bits per heavy atom. The quantitative estimate of drug-likeness (QED) is 0.0424. The van der Waals surface area contributed by atoms with E-state index < -0.39 is 42.2 Å². The fourth-order valence-corrected chi connectivity index (χ4v) is 9.68. The summed E-state index contributed by atoms with van der Waals surface area (Å²) in [6.45, 7) is 3.03. The third kappa shape index (κ3) is 15.9. The Hall–Kier alpha value is -9.20. The average molecular weight is 1170 g/mol. The number of hydrogen-bond acceptors (Lipinski definition) is 16. The number of carboxylic acids is 1. The minimum absolute atomic E-state index is 0.0357. The molecule has 4 aromatic carbocycles. The first-order valence-corrected chi connectivity index (χ1v) is 27.5. The maximum absolute atomic E-state index is 13.8. The molecule has 2 aliphatic heterocycles. The number of hydrogen-bond donors (Lipinski definition) is 1. The summed E-state index contributed by atoms with van der Waals surface area (Å²) < 4.78 is 75.6. The summed E-state index contributed by atoms with van der Waals surface area (Å²) in [6, 6.07) is 30.1. The molecule has 22 nitrogen and oxygen atoms in total. The van der Waals surface area contributed by atoms with Gasteiger partial charge in [0.15, 0.2) is 0 Å². The molecule has 9 rings (SSSR count). The molecule has 25 heteroatoms. The fraction of sp³-hybridized carbons (Fsp3) is 0.350.